The molecule has 0 spiro atoms. The topological polar surface area (TPSA) is 162 Å². The van der Waals surface area contributed by atoms with E-state index in [1.807, 2.05) is 56.0 Å². The van der Waals surface area contributed by atoms with E-state index in [1.54, 1.807) is 67.6 Å². The molecule has 2 aromatic heterocycles. The number of carbonyl (C=O) groups is 2. The van der Waals surface area contributed by atoms with Crippen molar-refractivity contribution >= 4 is 91.9 Å². The fourth-order valence-electron chi connectivity index (χ4n) is 9.97. The Balaban J connectivity index is 0.825. The first-order valence-corrected chi connectivity index (χ1v) is 28.4. The lowest BCUT2D eigenvalue weighted by molar-refractivity contribution is -0.140. The number of likely N-dealkylation sites (tertiary alicyclic amines) is 2. The Bertz CT molecular complexity index is 3030. The Morgan fingerprint density at radius 1 is 0.986 bits per heavy atom. The zero-order valence-electron chi connectivity index (χ0n) is 42.1. The van der Waals surface area contributed by atoms with Gasteiger partial charge in [-0.25, -0.2) is 0 Å². The number of nitrogens with one attached hydrogen (secondary N) is 5. The van der Waals surface area contributed by atoms with Gasteiger partial charge >= 0.3 is 6.18 Å². The third-order valence-electron chi connectivity index (χ3n) is 14.1. The molecule has 73 heavy (non-hydrogen) atoms. The van der Waals surface area contributed by atoms with Gasteiger partial charge in [-0.15, -0.1) is 11.3 Å². The zero-order chi connectivity index (χ0) is 52.4. The molecule has 0 radical (unpaired) electrons. The molecule has 1 unspecified atom stereocenters. The van der Waals surface area contributed by atoms with Crippen molar-refractivity contribution in [2.24, 2.45) is 10.9 Å². The molecule has 2 amide bonds. The summed E-state index contributed by atoms with van der Waals surface area (Å²) in [6.07, 6.45) is -1.56. The van der Waals surface area contributed by atoms with E-state index in [9.17, 15) is 32.7 Å². The second kappa shape index (κ2) is 22.3. The van der Waals surface area contributed by atoms with Crippen LogP contribution in [0.15, 0.2) is 77.8 Å². The highest BCUT2D eigenvalue weighted by Gasteiger charge is 2.36. The molecule has 3 aliphatic rings. The number of anilines is 3. The van der Waals surface area contributed by atoms with E-state index in [-0.39, 0.29) is 60.1 Å². The maximum Gasteiger partial charge on any atom is 0.406 e. The average molecular weight is 1060 g/mol. The summed E-state index contributed by atoms with van der Waals surface area (Å²) in [6.45, 7) is 12.9. The number of aryl methyl sites for hydroxylation is 1. The Hall–Kier alpha value is -5.92. The van der Waals surface area contributed by atoms with E-state index in [4.69, 9.17) is 22.0 Å². The van der Waals surface area contributed by atoms with Crippen molar-refractivity contribution in [1.82, 2.24) is 19.7 Å². The molecule has 386 valence electrons. The van der Waals surface area contributed by atoms with E-state index in [1.165, 1.54) is 15.9 Å². The van der Waals surface area contributed by atoms with Gasteiger partial charge in [-0.05, 0) is 139 Å². The van der Waals surface area contributed by atoms with E-state index in [0.29, 0.717) is 54.4 Å². The van der Waals surface area contributed by atoms with E-state index >= 15 is 0 Å². The minimum atomic E-state index is -4.45. The highest BCUT2D eigenvalue weighted by molar-refractivity contribution is 7.70. The van der Waals surface area contributed by atoms with Crippen molar-refractivity contribution in [3.8, 4) is 11.8 Å². The molecule has 5 aromatic rings. The van der Waals surface area contributed by atoms with Crippen LogP contribution in [0, 0.1) is 42.4 Å². The van der Waals surface area contributed by atoms with Crippen LogP contribution in [0.5, 0.6) is 0 Å². The molecule has 3 aliphatic heterocycles. The van der Waals surface area contributed by atoms with E-state index in [0.717, 1.165) is 68.9 Å². The van der Waals surface area contributed by atoms with Gasteiger partial charge in [0.25, 0.3) is 0 Å². The SMILES string of the molecule is CC(=N)N1C(=N)[C@H](CC(=O)NC(C)C2CCN(C(=O)CN3CCC(Nc4cccc5c4cc(C#CCNc4ccc(P(C)(C)=O)cc4)n5CC(F)(F)F)CC3)CC2)N=C(c2ccc(Cl)cc2)c2c1sc(C)c2C. The molecule has 2 fully saturated rings. The molecule has 2 atom stereocenters. The fourth-order valence-corrected chi connectivity index (χ4v) is 12.2. The van der Waals surface area contributed by atoms with Crippen LogP contribution in [0.4, 0.5) is 29.5 Å². The standard InChI is InChI=1S/C54H63ClF3N10O3PS/c1-33-35(3)73-53-50(33)51(38-12-14-39(55)15-13-38)64-46(52(60)68(53)36(4)59)30-48(69)62-34(2)37-20-27-66(28-21-37)49(70)31-65-25-22-41(23-26-65)63-45-10-7-11-47-44(45)29-42(67(47)32-54(56,57)58)9-8-24-61-40-16-18-43(19-17-40)72(5,6)71/h7,10-19,29,34,37,41,46,59-61,63H,20-28,30-32H2,1-6H3,(H,62,69)/t34?,46-/m0/s1. The minimum absolute atomic E-state index is 0.0569. The number of alkyl halides is 3. The quantitative estimate of drug-likeness (QED) is 0.0340. The number of benzene rings is 3. The van der Waals surface area contributed by atoms with Crippen molar-refractivity contribution in [2.75, 3.05) is 68.1 Å². The third kappa shape index (κ3) is 12.7. The van der Waals surface area contributed by atoms with Crippen molar-refractivity contribution < 1.29 is 27.3 Å². The number of aromatic nitrogens is 1. The molecule has 5 N–H and O–H groups in total. The maximum absolute atomic E-state index is 13.9. The van der Waals surface area contributed by atoms with Crippen LogP contribution < -0.4 is 26.2 Å². The van der Waals surface area contributed by atoms with Crippen LogP contribution in [-0.2, 0) is 20.7 Å². The third-order valence-corrected chi connectivity index (χ3v) is 17.1. The molecule has 0 aliphatic carbocycles. The summed E-state index contributed by atoms with van der Waals surface area (Å²) in [5.74, 6) is 6.16. The average Bonchev–Trinajstić information content (AvgIpc) is 3.79. The lowest BCUT2D eigenvalue weighted by Gasteiger charge is -2.37. The number of rotatable bonds is 13. The zero-order valence-corrected chi connectivity index (χ0v) is 44.5. The van der Waals surface area contributed by atoms with Crippen molar-refractivity contribution in [3.63, 3.8) is 0 Å². The summed E-state index contributed by atoms with van der Waals surface area (Å²) in [6, 6.07) is 20.7. The second-order valence-corrected chi connectivity index (χ2v) is 24.6. The number of halogens is 4. The molecule has 19 heteroatoms. The molecular formula is C54H63ClF3N10O3PS. The largest absolute Gasteiger partial charge is 0.406 e. The summed E-state index contributed by atoms with van der Waals surface area (Å²) >= 11 is 7.76. The minimum Gasteiger partial charge on any atom is -0.382 e. The maximum atomic E-state index is 13.9. The number of hydrogen-bond donors (Lipinski definition) is 5. The summed E-state index contributed by atoms with van der Waals surface area (Å²) in [7, 11) is -2.39. The monoisotopic (exact) mass is 1050 g/mol. The van der Waals surface area contributed by atoms with Crippen LogP contribution in [0.3, 0.4) is 0 Å². The van der Waals surface area contributed by atoms with Gasteiger partial charge in [0.15, 0.2) is 0 Å². The van der Waals surface area contributed by atoms with Crippen molar-refractivity contribution in [2.45, 2.75) is 90.6 Å². The Morgan fingerprint density at radius 2 is 1.67 bits per heavy atom. The highest BCUT2D eigenvalue weighted by atomic mass is 35.5. The highest BCUT2D eigenvalue weighted by Crippen LogP contribution is 2.41. The fraction of sp³-hybridized carbons (Fsp3) is 0.426. The number of nitrogens with zero attached hydrogens (tertiary/aromatic N) is 5. The lowest BCUT2D eigenvalue weighted by Crippen LogP contribution is -2.49. The van der Waals surface area contributed by atoms with Crippen LogP contribution in [0.25, 0.3) is 10.9 Å². The number of amides is 2. The predicted molar refractivity (Wildman–Crippen MR) is 292 cm³/mol. The smallest absolute Gasteiger partial charge is 0.382 e. The Labute approximate surface area is 434 Å². The Morgan fingerprint density at radius 3 is 2.32 bits per heavy atom. The number of thiophene rings is 1. The molecule has 0 saturated carbocycles. The van der Waals surface area contributed by atoms with Crippen LogP contribution in [0.2, 0.25) is 5.02 Å². The van der Waals surface area contributed by atoms with E-state index < -0.39 is 25.9 Å². The van der Waals surface area contributed by atoms with Crippen molar-refractivity contribution in [1.29, 1.82) is 10.8 Å². The molecule has 8 rings (SSSR count). The van der Waals surface area contributed by atoms with Gasteiger partial charge in [-0.2, -0.15) is 13.2 Å². The Kier molecular flexibility index (Phi) is 16.3. The lowest BCUT2D eigenvalue weighted by atomic mass is 9.90. The summed E-state index contributed by atoms with van der Waals surface area (Å²) < 4.78 is 55.3. The summed E-state index contributed by atoms with van der Waals surface area (Å²) in [4.78, 5) is 39.2. The normalized spacial score (nSPS) is 17.6. The predicted octanol–water partition coefficient (Wildman–Crippen LogP) is 9.96. The summed E-state index contributed by atoms with van der Waals surface area (Å²) in [5.41, 5.74) is 5.54. The van der Waals surface area contributed by atoms with Crippen LogP contribution in [-0.4, -0.2) is 120 Å². The first kappa shape index (κ1) is 53.4. The van der Waals surface area contributed by atoms with Gasteiger partial charge in [-0.1, -0.05) is 35.7 Å². The molecule has 5 heterocycles. The number of piperidine rings is 2. The van der Waals surface area contributed by atoms with Crippen LogP contribution in [0.1, 0.15) is 73.2 Å². The number of fused-ring (bicyclic) bond motifs is 2. The number of aliphatic imine (C=N–C) groups is 1. The number of carbonyl (C=O) groups excluding carboxylic acids is 2. The van der Waals surface area contributed by atoms with Gasteiger partial charge in [0.05, 0.1) is 36.4 Å². The van der Waals surface area contributed by atoms with Gasteiger partial charge in [0, 0.05) is 81.4 Å². The number of amidine groups is 2. The molecule has 2 saturated heterocycles. The first-order valence-electron chi connectivity index (χ1n) is 24.6. The van der Waals surface area contributed by atoms with Crippen LogP contribution >= 0.6 is 30.1 Å². The molecule has 0 bridgehead atoms. The molecule has 13 nitrogen and oxygen atoms in total. The van der Waals surface area contributed by atoms with Gasteiger partial charge in [0.1, 0.15) is 36.4 Å². The number of hydrogen-bond acceptors (Lipinski definition) is 10. The first-order chi connectivity index (χ1) is 34.6. The second-order valence-electron chi connectivity index (χ2n) is 19.8. The van der Waals surface area contributed by atoms with Gasteiger partial charge in [-0.3, -0.25) is 35.2 Å². The van der Waals surface area contributed by atoms with E-state index in [2.05, 4.69) is 32.7 Å². The van der Waals surface area contributed by atoms with Crippen molar-refractivity contribution in [3.05, 3.63) is 105 Å². The molecule has 3 aromatic carbocycles. The van der Waals surface area contributed by atoms with Gasteiger partial charge in [0.2, 0.25) is 11.8 Å². The summed E-state index contributed by atoms with van der Waals surface area (Å²) in [5, 5.41) is 30.6. The van der Waals surface area contributed by atoms with Gasteiger partial charge < -0.3 is 30.0 Å². The molecular weight excluding hydrogens is 992 g/mol.